The first-order valence-electron chi connectivity index (χ1n) is 5.32. The number of benzene rings is 1. The number of ether oxygens (including phenoxy) is 1. The smallest absolute Gasteiger partial charge is 0.160 e. The van der Waals surface area contributed by atoms with E-state index in [1.807, 2.05) is 12.1 Å². The summed E-state index contributed by atoms with van der Waals surface area (Å²) < 4.78 is 5.05. The van der Waals surface area contributed by atoms with Crippen LogP contribution in [0.15, 0.2) is 18.2 Å². The fourth-order valence-corrected chi connectivity index (χ4v) is 1.84. The van der Waals surface area contributed by atoms with Crippen molar-refractivity contribution in [3.05, 3.63) is 23.8 Å². The molecule has 3 heteroatoms. The van der Waals surface area contributed by atoms with Crippen molar-refractivity contribution in [2.75, 3.05) is 7.11 Å². The van der Waals surface area contributed by atoms with Crippen molar-refractivity contribution in [2.45, 2.75) is 25.3 Å². The zero-order valence-electron chi connectivity index (χ0n) is 8.94. The van der Waals surface area contributed by atoms with Crippen LogP contribution in [0.25, 0.3) is 0 Å². The van der Waals surface area contributed by atoms with Gasteiger partial charge in [0.15, 0.2) is 11.5 Å². The number of hydrogen-bond acceptors (Lipinski definition) is 3. The van der Waals surface area contributed by atoms with E-state index in [9.17, 15) is 5.11 Å². The Hall–Kier alpha value is -1.22. The van der Waals surface area contributed by atoms with Crippen LogP contribution >= 0.6 is 0 Å². The van der Waals surface area contributed by atoms with Gasteiger partial charge in [-0.15, -0.1) is 0 Å². The van der Waals surface area contributed by atoms with E-state index in [4.69, 9.17) is 10.5 Å². The van der Waals surface area contributed by atoms with E-state index in [1.54, 1.807) is 13.2 Å². The molecule has 3 N–H and O–H groups in total. The molecule has 0 amide bonds. The highest BCUT2D eigenvalue weighted by atomic mass is 16.5. The Bertz CT molecular complexity index is 347. The maximum Gasteiger partial charge on any atom is 0.160 e. The van der Waals surface area contributed by atoms with Crippen molar-refractivity contribution >= 4 is 0 Å². The molecule has 15 heavy (non-hydrogen) atoms. The van der Waals surface area contributed by atoms with Crippen LogP contribution in [0.1, 0.15) is 18.4 Å². The van der Waals surface area contributed by atoms with Crippen molar-refractivity contribution in [1.29, 1.82) is 0 Å². The van der Waals surface area contributed by atoms with Crippen molar-refractivity contribution in [2.24, 2.45) is 11.7 Å². The number of para-hydroxylation sites is 1. The molecule has 1 aromatic carbocycles. The summed E-state index contributed by atoms with van der Waals surface area (Å²) in [5, 5.41) is 9.86. The third-order valence-corrected chi connectivity index (χ3v) is 2.99. The number of phenolic OH excluding ortho intramolecular Hbond substituents is 1. The Labute approximate surface area is 89.9 Å². The second-order valence-electron chi connectivity index (χ2n) is 4.17. The quantitative estimate of drug-likeness (QED) is 0.789. The second kappa shape index (κ2) is 4.11. The molecular weight excluding hydrogens is 190 g/mol. The summed E-state index contributed by atoms with van der Waals surface area (Å²) in [5.74, 6) is 1.40. The Morgan fingerprint density at radius 3 is 2.87 bits per heavy atom. The third kappa shape index (κ3) is 2.23. The van der Waals surface area contributed by atoms with Crippen LogP contribution in [-0.4, -0.2) is 18.3 Å². The second-order valence-corrected chi connectivity index (χ2v) is 4.17. The fourth-order valence-electron chi connectivity index (χ4n) is 1.84. The van der Waals surface area contributed by atoms with Gasteiger partial charge in [0.25, 0.3) is 0 Å². The average molecular weight is 207 g/mol. The molecule has 0 bridgehead atoms. The average Bonchev–Trinajstić information content (AvgIpc) is 3.04. The minimum atomic E-state index is 0.169. The number of rotatable bonds is 4. The number of aromatic hydroxyl groups is 1. The minimum Gasteiger partial charge on any atom is -0.504 e. The van der Waals surface area contributed by atoms with E-state index in [0.29, 0.717) is 11.7 Å². The Balaban J connectivity index is 2.12. The van der Waals surface area contributed by atoms with Gasteiger partial charge in [0.1, 0.15) is 0 Å². The van der Waals surface area contributed by atoms with Gasteiger partial charge >= 0.3 is 0 Å². The van der Waals surface area contributed by atoms with Crippen molar-refractivity contribution in [3.8, 4) is 11.5 Å². The number of nitrogens with two attached hydrogens (primary N) is 1. The highest BCUT2D eigenvalue weighted by Crippen LogP contribution is 2.36. The largest absolute Gasteiger partial charge is 0.504 e. The lowest BCUT2D eigenvalue weighted by Gasteiger charge is -2.13. The van der Waals surface area contributed by atoms with E-state index >= 15 is 0 Å². The lowest BCUT2D eigenvalue weighted by Crippen LogP contribution is -2.25. The fraction of sp³-hybridized carbons (Fsp3) is 0.500. The topological polar surface area (TPSA) is 55.5 Å². The van der Waals surface area contributed by atoms with E-state index in [0.717, 1.165) is 12.0 Å². The molecular formula is C12H17NO2. The molecule has 82 valence electrons. The molecule has 1 fully saturated rings. The summed E-state index contributed by atoms with van der Waals surface area (Å²) in [6.45, 7) is 0. The SMILES string of the molecule is COc1cccc(CC(N)C2CC2)c1O. The molecule has 3 nitrogen and oxygen atoms in total. The molecule has 1 unspecified atom stereocenters. The summed E-state index contributed by atoms with van der Waals surface area (Å²) in [7, 11) is 1.56. The summed E-state index contributed by atoms with van der Waals surface area (Å²) in [6, 6.07) is 5.71. The molecule has 0 heterocycles. The van der Waals surface area contributed by atoms with Crippen molar-refractivity contribution < 1.29 is 9.84 Å². The molecule has 1 aliphatic carbocycles. The summed E-state index contributed by atoms with van der Waals surface area (Å²) in [5.41, 5.74) is 6.90. The van der Waals surface area contributed by atoms with Gasteiger partial charge in [-0.1, -0.05) is 12.1 Å². The first kappa shape index (κ1) is 10.3. The minimum absolute atomic E-state index is 0.169. The lowest BCUT2D eigenvalue weighted by molar-refractivity contribution is 0.369. The van der Waals surface area contributed by atoms with Gasteiger partial charge < -0.3 is 15.6 Å². The number of methoxy groups -OCH3 is 1. The highest BCUT2D eigenvalue weighted by Gasteiger charge is 2.29. The molecule has 1 saturated carbocycles. The number of phenols is 1. The van der Waals surface area contributed by atoms with Crippen LogP contribution in [0, 0.1) is 5.92 Å². The molecule has 0 radical (unpaired) electrons. The van der Waals surface area contributed by atoms with Crippen LogP contribution in [0.3, 0.4) is 0 Å². The maximum atomic E-state index is 9.86. The zero-order chi connectivity index (χ0) is 10.8. The van der Waals surface area contributed by atoms with Gasteiger partial charge in [-0.2, -0.15) is 0 Å². The van der Waals surface area contributed by atoms with Gasteiger partial charge in [0.2, 0.25) is 0 Å². The molecule has 1 aromatic rings. The van der Waals surface area contributed by atoms with E-state index in [-0.39, 0.29) is 11.8 Å². The van der Waals surface area contributed by atoms with E-state index in [1.165, 1.54) is 12.8 Å². The first-order valence-corrected chi connectivity index (χ1v) is 5.32. The van der Waals surface area contributed by atoms with Gasteiger partial charge in [-0.25, -0.2) is 0 Å². The van der Waals surface area contributed by atoms with Crippen molar-refractivity contribution in [3.63, 3.8) is 0 Å². The standard InChI is InChI=1S/C12H17NO2/c1-15-11-4-2-3-9(12(11)14)7-10(13)8-5-6-8/h2-4,8,10,14H,5-7,13H2,1H3. The molecule has 0 spiro atoms. The van der Waals surface area contributed by atoms with E-state index < -0.39 is 0 Å². The predicted octanol–water partition coefficient (Wildman–Crippen LogP) is 1.68. The predicted molar refractivity (Wildman–Crippen MR) is 59.1 cm³/mol. The van der Waals surface area contributed by atoms with Crippen LogP contribution in [0.2, 0.25) is 0 Å². The molecule has 1 atom stereocenters. The van der Waals surface area contributed by atoms with Crippen LogP contribution in [0.5, 0.6) is 11.5 Å². The summed E-state index contributed by atoms with van der Waals surface area (Å²) >= 11 is 0. The molecule has 0 aromatic heterocycles. The normalized spacial score (nSPS) is 17.5. The highest BCUT2D eigenvalue weighted by molar-refractivity contribution is 5.45. The van der Waals surface area contributed by atoms with Gasteiger partial charge in [0.05, 0.1) is 7.11 Å². The van der Waals surface area contributed by atoms with Crippen LogP contribution in [0.4, 0.5) is 0 Å². The zero-order valence-corrected chi connectivity index (χ0v) is 8.94. The van der Waals surface area contributed by atoms with Crippen molar-refractivity contribution in [1.82, 2.24) is 0 Å². The lowest BCUT2D eigenvalue weighted by atomic mass is 10.0. The monoisotopic (exact) mass is 207 g/mol. The van der Waals surface area contributed by atoms with Gasteiger partial charge in [-0.3, -0.25) is 0 Å². The Kier molecular flexibility index (Phi) is 2.82. The summed E-state index contributed by atoms with van der Waals surface area (Å²) in [6.07, 6.45) is 3.19. The maximum absolute atomic E-state index is 9.86. The molecule has 2 rings (SSSR count). The molecule has 0 aliphatic heterocycles. The van der Waals surface area contributed by atoms with Crippen LogP contribution < -0.4 is 10.5 Å². The van der Waals surface area contributed by atoms with Gasteiger partial charge in [0, 0.05) is 6.04 Å². The van der Waals surface area contributed by atoms with E-state index in [2.05, 4.69) is 0 Å². The van der Waals surface area contributed by atoms with Gasteiger partial charge in [-0.05, 0) is 36.8 Å². The molecule has 1 aliphatic rings. The van der Waals surface area contributed by atoms with Crippen LogP contribution in [-0.2, 0) is 6.42 Å². The molecule has 0 saturated heterocycles. The Morgan fingerprint density at radius 1 is 1.53 bits per heavy atom. The Morgan fingerprint density at radius 2 is 2.27 bits per heavy atom. The summed E-state index contributed by atoms with van der Waals surface area (Å²) in [4.78, 5) is 0. The number of hydrogen-bond donors (Lipinski definition) is 2. The first-order chi connectivity index (χ1) is 7.22. The third-order valence-electron chi connectivity index (χ3n) is 2.99.